The number of fused-ring (bicyclic) bond motifs is 5. The van der Waals surface area contributed by atoms with Gasteiger partial charge in [-0.3, -0.25) is 19.2 Å². The lowest BCUT2D eigenvalue weighted by molar-refractivity contribution is -0.155. The highest BCUT2D eigenvalue weighted by Crippen LogP contribution is 2.56. The number of hydrogen-bond donors (Lipinski definition) is 0. The highest BCUT2D eigenvalue weighted by molar-refractivity contribution is 6.34. The lowest BCUT2D eigenvalue weighted by Gasteiger charge is -2.31. The Balaban J connectivity index is 1.26. The van der Waals surface area contributed by atoms with Crippen molar-refractivity contribution in [1.82, 2.24) is 10.0 Å². The van der Waals surface area contributed by atoms with Gasteiger partial charge in [0.05, 0.1) is 28.7 Å². The predicted octanol–water partition coefficient (Wildman–Crippen LogP) is 4.42. The third-order valence-electron chi connectivity index (χ3n) is 7.89. The van der Waals surface area contributed by atoms with Gasteiger partial charge in [-0.1, -0.05) is 23.7 Å². The molecule has 0 N–H and O–H groups in total. The average Bonchev–Trinajstić information content (AvgIpc) is 3.74. The number of halogens is 1. The van der Waals surface area contributed by atoms with E-state index < -0.39 is 47.9 Å². The van der Waals surface area contributed by atoms with Gasteiger partial charge in [0, 0.05) is 5.56 Å². The first kappa shape index (κ1) is 25.1. The van der Waals surface area contributed by atoms with E-state index in [4.69, 9.17) is 20.8 Å². The molecule has 0 radical (unpaired) electrons. The molecule has 1 saturated heterocycles. The Morgan fingerprint density at radius 1 is 0.923 bits per heavy atom. The number of imide groups is 1. The van der Waals surface area contributed by atoms with Gasteiger partial charge >= 0.3 is 5.97 Å². The molecule has 10 heteroatoms. The van der Waals surface area contributed by atoms with Crippen molar-refractivity contribution < 1.29 is 33.1 Å². The van der Waals surface area contributed by atoms with Crippen molar-refractivity contribution in [3.8, 4) is 5.75 Å². The molecular formula is C29H23ClN2O7. The number of amides is 3. The van der Waals surface area contributed by atoms with Crippen LogP contribution in [0.4, 0.5) is 0 Å². The molecular weight excluding hydrogens is 524 g/mol. The van der Waals surface area contributed by atoms with E-state index in [0.717, 1.165) is 29.3 Å². The van der Waals surface area contributed by atoms with Crippen LogP contribution >= 0.6 is 11.6 Å². The molecule has 0 spiro atoms. The molecule has 3 fully saturated rings. The van der Waals surface area contributed by atoms with Crippen LogP contribution in [0.25, 0.3) is 0 Å². The van der Waals surface area contributed by atoms with Gasteiger partial charge in [-0.2, -0.15) is 5.01 Å². The van der Waals surface area contributed by atoms with Crippen molar-refractivity contribution in [1.29, 1.82) is 0 Å². The Hall–Kier alpha value is -4.24. The Kier molecular flexibility index (Phi) is 6.31. The van der Waals surface area contributed by atoms with E-state index in [0.29, 0.717) is 0 Å². The molecule has 2 saturated carbocycles. The number of carbonyl (C=O) groups is 5. The first-order valence-electron chi connectivity index (χ1n) is 12.7. The van der Waals surface area contributed by atoms with Gasteiger partial charge in [0.2, 0.25) is 5.76 Å². The van der Waals surface area contributed by atoms with Crippen molar-refractivity contribution >= 4 is 41.1 Å². The summed E-state index contributed by atoms with van der Waals surface area (Å²) in [4.78, 5) is 66.2. The van der Waals surface area contributed by atoms with Crippen LogP contribution < -0.4 is 4.74 Å². The quantitative estimate of drug-likeness (QED) is 0.186. The van der Waals surface area contributed by atoms with Crippen molar-refractivity contribution in [2.45, 2.75) is 19.3 Å². The SMILES string of the molecule is O=C(CN(C(=O)c1ccccc1Cl)N1C(=O)[C@@H]2[C@H]3CC[C@@H](C3)[C@H]2C1=O)c1ccc(OC(=O)c2ccco2)cc1. The standard InChI is InChI=1S/C29H23ClN2O7/c30-21-5-2-1-4-20(21)26(34)31(32-27(35)24-17-7-8-18(14-17)25(24)28(32)36)15-22(33)16-9-11-19(12-10-16)39-29(37)23-6-3-13-38-23/h1-6,9-13,17-18,24-25H,7-8,14-15H2/t17-,18-,24+,25+/m0/s1. The second-order valence-electron chi connectivity index (χ2n) is 10.0. The molecule has 39 heavy (non-hydrogen) atoms. The molecule has 3 aromatic rings. The fourth-order valence-electron chi connectivity index (χ4n) is 6.13. The first-order chi connectivity index (χ1) is 18.8. The number of esters is 1. The Bertz CT molecular complexity index is 1460. The number of carbonyl (C=O) groups excluding carboxylic acids is 5. The van der Waals surface area contributed by atoms with Crippen LogP contribution in [0.15, 0.2) is 71.3 Å². The van der Waals surface area contributed by atoms with Crippen LogP contribution in [-0.2, 0) is 9.59 Å². The van der Waals surface area contributed by atoms with Gasteiger partial charge in [0.15, 0.2) is 5.78 Å². The molecule has 2 aromatic carbocycles. The van der Waals surface area contributed by atoms with Crippen LogP contribution in [0.5, 0.6) is 5.75 Å². The van der Waals surface area contributed by atoms with E-state index in [9.17, 15) is 24.0 Å². The van der Waals surface area contributed by atoms with E-state index >= 15 is 0 Å². The van der Waals surface area contributed by atoms with E-state index in [1.54, 1.807) is 18.2 Å². The zero-order valence-corrected chi connectivity index (χ0v) is 21.4. The summed E-state index contributed by atoms with van der Waals surface area (Å²) < 4.78 is 10.3. The largest absolute Gasteiger partial charge is 0.457 e. The number of ether oxygens (including phenoxy) is 1. The van der Waals surface area contributed by atoms with Gasteiger partial charge in [0.1, 0.15) is 12.3 Å². The fourth-order valence-corrected chi connectivity index (χ4v) is 6.34. The van der Waals surface area contributed by atoms with Crippen LogP contribution in [0.2, 0.25) is 5.02 Å². The van der Waals surface area contributed by atoms with Crippen molar-refractivity contribution in [3.63, 3.8) is 0 Å². The highest BCUT2D eigenvalue weighted by Gasteiger charge is 2.62. The Morgan fingerprint density at radius 3 is 2.21 bits per heavy atom. The van der Waals surface area contributed by atoms with Crippen LogP contribution in [0.3, 0.4) is 0 Å². The van der Waals surface area contributed by atoms with Crippen molar-refractivity contribution in [2.75, 3.05) is 6.54 Å². The fraction of sp³-hybridized carbons (Fsp3) is 0.276. The van der Waals surface area contributed by atoms with Gasteiger partial charge < -0.3 is 9.15 Å². The monoisotopic (exact) mass is 546 g/mol. The van der Waals surface area contributed by atoms with E-state index in [2.05, 4.69) is 0 Å². The maximum Gasteiger partial charge on any atom is 0.379 e. The number of nitrogens with zero attached hydrogens (tertiary/aromatic N) is 2. The number of hydrogen-bond acceptors (Lipinski definition) is 7. The minimum Gasteiger partial charge on any atom is -0.457 e. The minimum absolute atomic E-state index is 0.0297. The molecule has 9 nitrogen and oxygen atoms in total. The molecule has 3 aliphatic rings. The van der Waals surface area contributed by atoms with Crippen LogP contribution in [0, 0.1) is 23.7 Å². The lowest BCUT2D eigenvalue weighted by atomic mass is 9.81. The average molecular weight is 547 g/mol. The van der Waals surface area contributed by atoms with Gasteiger partial charge in [-0.25, -0.2) is 9.80 Å². The van der Waals surface area contributed by atoms with Crippen molar-refractivity contribution in [3.05, 3.63) is 88.8 Å². The summed E-state index contributed by atoms with van der Waals surface area (Å²) in [7, 11) is 0. The van der Waals surface area contributed by atoms with Gasteiger partial charge in [-0.15, -0.1) is 0 Å². The molecule has 0 unspecified atom stereocenters. The smallest absolute Gasteiger partial charge is 0.379 e. The summed E-state index contributed by atoms with van der Waals surface area (Å²) in [5.41, 5.74) is 0.275. The van der Waals surface area contributed by atoms with Crippen molar-refractivity contribution in [2.24, 2.45) is 23.7 Å². The second kappa shape index (κ2) is 9.81. The molecule has 1 aromatic heterocycles. The van der Waals surface area contributed by atoms with E-state index in [1.807, 2.05) is 0 Å². The van der Waals surface area contributed by atoms with E-state index in [1.165, 1.54) is 48.7 Å². The molecule has 2 heterocycles. The molecule has 4 atom stereocenters. The molecule has 2 aliphatic carbocycles. The molecule has 1 aliphatic heterocycles. The minimum atomic E-state index is -0.716. The summed E-state index contributed by atoms with van der Waals surface area (Å²) in [5, 5.41) is 1.95. The number of ketones is 1. The number of benzene rings is 2. The topological polar surface area (TPSA) is 114 Å². The molecule has 2 bridgehead atoms. The second-order valence-corrected chi connectivity index (χ2v) is 10.4. The first-order valence-corrected chi connectivity index (χ1v) is 13.0. The Morgan fingerprint density at radius 2 is 1.59 bits per heavy atom. The summed E-state index contributed by atoms with van der Waals surface area (Å²) in [6.45, 7) is -0.554. The maximum atomic E-state index is 13.7. The summed E-state index contributed by atoms with van der Waals surface area (Å²) in [6, 6.07) is 15.0. The number of hydrazine groups is 1. The zero-order chi connectivity index (χ0) is 27.3. The third kappa shape index (κ3) is 4.32. The van der Waals surface area contributed by atoms with E-state index in [-0.39, 0.29) is 39.5 Å². The van der Waals surface area contributed by atoms with Gasteiger partial charge in [0.25, 0.3) is 17.7 Å². The van der Waals surface area contributed by atoms with Crippen LogP contribution in [-0.4, -0.2) is 46.0 Å². The summed E-state index contributed by atoms with van der Waals surface area (Å²) in [6.07, 6.45) is 3.95. The normalized spacial score (nSPS) is 23.2. The number of rotatable bonds is 7. The molecule has 198 valence electrons. The Labute approximate surface area is 228 Å². The maximum absolute atomic E-state index is 13.7. The summed E-state index contributed by atoms with van der Waals surface area (Å²) in [5.74, 6) is -3.28. The van der Waals surface area contributed by atoms with Gasteiger partial charge in [-0.05, 0) is 79.6 Å². The predicted molar refractivity (Wildman–Crippen MR) is 137 cm³/mol. The number of furan rings is 1. The number of Topliss-reactive ketones (excluding diaryl/α,β-unsaturated/α-hetero) is 1. The molecule has 3 amide bonds. The molecule has 6 rings (SSSR count). The lowest BCUT2D eigenvalue weighted by Crippen LogP contribution is -2.52. The zero-order valence-electron chi connectivity index (χ0n) is 20.6. The van der Waals surface area contributed by atoms with Crippen LogP contribution in [0.1, 0.15) is 50.5 Å². The highest BCUT2D eigenvalue weighted by atomic mass is 35.5. The third-order valence-corrected chi connectivity index (χ3v) is 8.22. The summed E-state index contributed by atoms with van der Waals surface area (Å²) >= 11 is 6.28.